The molecule has 12 heavy (non-hydrogen) atoms. The highest BCUT2D eigenvalue weighted by Gasteiger charge is 2.28. The fourth-order valence-electron chi connectivity index (χ4n) is 0.605. The van der Waals surface area contributed by atoms with Gasteiger partial charge in [-0.1, -0.05) is 12.0 Å². The largest absolute Gasteiger partial charge is 0.471 e. The van der Waals surface area contributed by atoms with Crippen LogP contribution < -0.4 is 0 Å². The Morgan fingerprint density at radius 2 is 1.92 bits per heavy atom. The Labute approximate surface area is 80.3 Å². The smallest absolute Gasteiger partial charge is 0.0743 e. The summed E-state index contributed by atoms with van der Waals surface area (Å²) in [6, 6.07) is 0. The van der Waals surface area contributed by atoms with E-state index >= 15 is 0 Å². The maximum absolute atomic E-state index is 5.66. The molecule has 0 rings (SSSR count). The fraction of sp³-hybridized carbons (Fsp3) is 0.667. The SMILES string of the molecule is C#[S-](C)OC(C)(C)S(C)(C)C=C. The molecular formula is C9H19OS2-. The van der Waals surface area contributed by atoms with Gasteiger partial charge in [0, 0.05) is 0 Å². The summed E-state index contributed by atoms with van der Waals surface area (Å²) >= 11 is 0. The summed E-state index contributed by atoms with van der Waals surface area (Å²) in [5.41, 5.74) is 5.61. The Morgan fingerprint density at radius 3 is 2.17 bits per heavy atom. The van der Waals surface area contributed by atoms with E-state index in [1.807, 2.05) is 11.7 Å². The molecule has 0 radical (unpaired) electrons. The fourth-order valence-corrected chi connectivity index (χ4v) is 2.66. The van der Waals surface area contributed by atoms with Gasteiger partial charge in [-0.3, -0.25) is 5.69 Å². The summed E-state index contributed by atoms with van der Waals surface area (Å²) < 4.78 is 5.66. The minimum absolute atomic E-state index is 0.179. The lowest BCUT2D eigenvalue weighted by atomic mass is 10.5. The topological polar surface area (TPSA) is 9.23 Å². The highest BCUT2D eigenvalue weighted by Crippen LogP contribution is 2.54. The first-order chi connectivity index (χ1) is 5.23. The average Bonchev–Trinajstić information content (AvgIpc) is 1.84. The molecule has 0 atom stereocenters. The van der Waals surface area contributed by atoms with Gasteiger partial charge in [0.2, 0.25) is 0 Å². The van der Waals surface area contributed by atoms with E-state index in [4.69, 9.17) is 9.87 Å². The maximum atomic E-state index is 5.66. The van der Waals surface area contributed by atoms with Crippen molar-refractivity contribution in [2.24, 2.45) is 0 Å². The molecule has 0 saturated carbocycles. The first-order valence-electron chi connectivity index (χ1n) is 3.68. The van der Waals surface area contributed by atoms with Crippen LogP contribution in [0.25, 0.3) is 0 Å². The van der Waals surface area contributed by atoms with E-state index in [0.29, 0.717) is 0 Å². The third-order valence-electron chi connectivity index (χ3n) is 2.02. The van der Waals surface area contributed by atoms with Crippen molar-refractivity contribution >= 4 is 20.6 Å². The van der Waals surface area contributed by atoms with Gasteiger partial charge in [0.15, 0.2) is 0 Å². The third-order valence-corrected chi connectivity index (χ3v) is 6.25. The molecule has 0 spiro atoms. The molecule has 0 N–H and O–H groups in total. The molecule has 0 amide bonds. The van der Waals surface area contributed by atoms with Crippen LogP contribution in [0.4, 0.5) is 0 Å². The maximum Gasteiger partial charge on any atom is 0.0743 e. The molecule has 0 unspecified atom stereocenters. The van der Waals surface area contributed by atoms with E-state index in [-0.39, 0.29) is 4.93 Å². The van der Waals surface area contributed by atoms with Gasteiger partial charge in [-0.05, 0) is 26.4 Å². The number of rotatable bonds is 3. The minimum Gasteiger partial charge on any atom is -0.471 e. The number of hydrogen-bond acceptors (Lipinski definition) is 2. The summed E-state index contributed by atoms with van der Waals surface area (Å²) in [5.74, 6) is 0. The molecule has 3 heteroatoms. The molecule has 0 bridgehead atoms. The Bertz CT molecular complexity index is 233. The molecule has 0 aliphatic rings. The summed E-state index contributed by atoms with van der Waals surface area (Å²) in [7, 11) is -1.38. The minimum atomic E-state index is -0.924. The summed E-state index contributed by atoms with van der Waals surface area (Å²) in [6.07, 6.45) is 6.22. The van der Waals surface area contributed by atoms with Crippen LogP contribution >= 0.6 is 10.0 Å². The molecule has 0 fully saturated rings. The molecular weight excluding hydrogens is 188 g/mol. The quantitative estimate of drug-likeness (QED) is 0.647. The molecule has 0 saturated heterocycles. The lowest BCUT2D eigenvalue weighted by Gasteiger charge is -2.47. The van der Waals surface area contributed by atoms with Crippen LogP contribution in [-0.4, -0.2) is 23.7 Å². The number of hydrogen-bond donors (Lipinski definition) is 0. The first-order valence-corrected chi connectivity index (χ1v) is 7.81. The molecule has 0 heterocycles. The van der Waals surface area contributed by atoms with E-state index in [1.165, 1.54) is 0 Å². The molecule has 0 aliphatic carbocycles. The highest BCUT2D eigenvalue weighted by atomic mass is 32.3. The van der Waals surface area contributed by atoms with Gasteiger partial charge in [0.1, 0.15) is 0 Å². The molecule has 0 aromatic rings. The Hall–Kier alpha value is 0.180. The second-order valence-corrected chi connectivity index (χ2v) is 8.85. The van der Waals surface area contributed by atoms with Gasteiger partial charge in [-0.2, -0.15) is 0 Å². The lowest BCUT2D eigenvalue weighted by molar-refractivity contribution is 0.243. The first kappa shape index (κ1) is 12.2. The van der Waals surface area contributed by atoms with Crippen molar-refractivity contribution < 1.29 is 4.18 Å². The normalized spacial score (nSPS) is 14.8. The molecule has 1 nitrogen and oxygen atoms in total. The third kappa shape index (κ3) is 2.91. The van der Waals surface area contributed by atoms with Gasteiger partial charge in [-0.15, -0.1) is 6.26 Å². The van der Waals surface area contributed by atoms with E-state index in [0.717, 1.165) is 0 Å². The van der Waals surface area contributed by atoms with Crippen LogP contribution in [0.5, 0.6) is 0 Å². The van der Waals surface area contributed by atoms with Crippen LogP contribution in [0.1, 0.15) is 13.8 Å². The zero-order chi connectivity index (χ0) is 9.99. The van der Waals surface area contributed by atoms with Crippen LogP contribution in [0.2, 0.25) is 0 Å². The Kier molecular flexibility index (Phi) is 3.98. The van der Waals surface area contributed by atoms with Crippen molar-refractivity contribution in [2.75, 3.05) is 18.8 Å². The zero-order valence-corrected chi connectivity index (χ0v) is 10.2. The van der Waals surface area contributed by atoms with Crippen LogP contribution in [-0.2, 0) is 14.8 Å². The molecule has 0 aromatic carbocycles. The summed E-state index contributed by atoms with van der Waals surface area (Å²) in [4.78, 5) is -0.179. The van der Waals surface area contributed by atoms with Crippen molar-refractivity contribution in [1.29, 1.82) is 0 Å². The van der Waals surface area contributed by atoms with E-state index in [2.05, 4.69) is 32.9 Å². The van der Waals surface area contributed by atoms with Crippen LogP contribution in [0.15, 0.2) is 12.0 Å². The van der Waals surface area contributed by atoms with Gasteiger partial charge in [0.25, 0.3) is 0 Å². The van der Waals surface area contributed by atoms with Crippen LogP contribution in [0, 0.1) is 5.69 Å². The monoisotopic (exact) mass is 207 g/mol. The van der Waals surface area contributed by atoms with Gasteiger partial charge in [-0.25, -0.2) is 10.0 Å². The Balaban J connectivity index is 4.63. The van der Waals surface area contributed by atoms with Gasteiger partial charge >= 0.3 is 0 Å². The van der Waals surface area contributed by atoms with Crippen molar-refractivity contribution in [3.05, 3.63) is 12.0 Å². The van der Waals surface area contributed by atoms with Gasteiger partial charge < -0.3 is 14.8 Å². The van der Waals surface area contributed by atoms with E-state index in [1.54, 1.807) is 0 Å². The summed E-state index contributed by atoms with van der Waals surface area (Å²) in [5, 5.41) is 1.99. The van der Waals surface area contributed by atoms with E-state index < -0.39 is 20.6 Å². The molecule has 0 aromatic heterocycles. The summed E-state index contributed by atoms with van der Waals surface area (Å²) in [6.45, 7) is 7.96. The van der Waals surface area contributed by atoms with Crippen molar-refractivity contribution in [3.8, 4) is 5.69 Å². The zero-order valence-electron chi connectivity index (χ0n) is 8.59. The van der Waals surface area contributed by atoms with Crippen molar-refractivity contribution in [2.45, 2.75) is 18.8 Å². The standard InChI is InChI=1S/C9H19OS2/c1-8-12(6,7)9(2,3)10-11(4)5/h4,8H,1H2,2-3,5-7H3/q-1. The second-order valence-electron chi connectivity index (χ2n) is 3.55. The average molecular weight is 207 g/mol. The predicted molar refractivity (Wildman–Crippen MR) is 63.0 cm³/mol. The van der Waals surface area contributed by atoms with Crippen molar-refractivity contribution in [1.82, 2.24) is 0 Å². The lowest BCUT2D eigenvalue weighted by Crippen LogP contribution is -2.29. The van der Waals surface area contributed by atoms with Crippen molar-refractivity contribution in [3.63, 3.8) is 0 Å². The highest BCUT2D eigenvalue weighted by molar-refractivity contribution is 8.36. The predicted octanol–water partition coefficient (Wildman–Crippen LogP) is 2.70. The molecule has 74 valence electrons. The van der Waals surface area contributed by atoms with Gasteiger partial charge in [0.05, 0.1) is 4.93 Å². The van der Waals surface area contributed by atoms with Crippen LogP contribution in [0.3, 0.4) is 0 Å². The molecule has 0 aliphatic heterocycles. The second kappa shape index (κ2) is 3.93. The van der Waals surface area contributed by atoms with E-state index in [9.17, 15) is 0 Å². The Morgan fingerprint density at radius 1 is 1.50 bits per heavy atom.